The van der Waals surface area contributed by atoms with Crippen molar-refractivity contribution in [3.05, 3.63) is 0 Å². The van der Waals surface area contributed by atoms with Crippen LogP contribution in [-0.4, -0.2) is 59.2 Å². The topological polar surface area (TPSA) is 151 Å². The molecule has 10 heteroatoms. The normalized spacial score (nSPS) is 15.4. The molecule has 0 aliphatic rings. The molecule has 9 nitrogen and oxygen atoms in total. The van der Waals surface area contributed by atoms with Gasteiger partial charge in [0.1, 0.15) is 12.1 Å². The number of carboxylic acids is 1. The number of carboxylic acid groups (broad SMARTS) is 1. The number of thiol groups is 1. The van der Waals surface area contributed by atoms with Crippen LogP contribution >= 0.6 is 12.6 Å². The van der Waals surface area contributed by atoms with Crippen molar-refractivity contribution in [2.24, 2.45) is 17.6 Å². The van der Waals surface area contributed by atoms with Crippen LogP contribution in [0, 0.1) is 11.8 Å². The Hall–Kier alpha value is -1.81. The number of nitrogens with one attached hydrogen (secondary N) is 3. The molecule has 6 N–H and O–H groups in total. The molecule has 0 radical (unpaired) electrons. The van der Waals surface area contributed by atoms with E-state index in [-0.39, 0.29) is 24.1 Å². The second kappa shape index (κ2) is 12.6. The number of nitrogens with two attached hydrogens (primary N) is 1. The van der Waals surface area contributed by atoms with E-state index in [0.29, 0.717) is 12.8 Å². The summed E-state index contributed by atoms with van der Waals surface area (Å²) in [6, 6.07) is -2.79. The first kappa shape index (κ1) is 25.2. The third kappa shape index (κ3) is 9.62. The molecule has 0 saturated carbocycles. The first-order valence-corrected chi connectivity index (χ1v) is 9.63. The Labute approximate surface area is 165 Å². The number of hydrogen-bond acceptors (Lipinski definition) is 6. The number of hydrogen-bond donors (Lipinski definition) is 6. The number of aliphatic carboxylic acids is 1. The van der Waals surface area contributed by atoms with Crippen LogP contribution in [0.3, 0.4) is 0 Å². The molecule has 0 rings (SSSR count). The molecule has 0 heterocycles. The minimum Gasteiger partial charge on any atom is -0.480 e. The van der Waals surface area contributed by atoms with Gasteiger partial charge in [-0.3, -0.25) is 14.4 Å². The van der Waals surface area contributed by atoms with Gasteiger partial charge in [0.15, 0.2) is 0 Å². The molecule has 4 atom stereocenters. The molecular formula is C17H32N4O5S. The summed E-state index contributed by atoms with van der Waals surface area (Å²) in [5.74, 6) is -2.89. The van der Waals surface area contributed by atoms with Crippen molar-refractivity contribution in [2.75, 3.05) is 12.3 Å². The van der Waals surface area contributed by atoms with E-state index in [1.54, 1.807) is 6.92 Å². The SMILES string of the molecule is CCC(C)C(NC(=O)C(CS)NC(=O)CNC(=O)C(N)CC(C)C)C(=O)O. The van der Waals surface area contributed by atoms with Gasteiger partial charge in [-0.25, -0.2) is 4.79 Å². The highest BCUT2D eigenvalue weighted by molar-refractivity contribution is 7.80. The Morgan fingerprint density at radius 3 is 2.11 bits per heavy atom. The van der Waals surface area contributed by atoms with Crippen LogP contribution in [0.25, 0.3) is 0 Å². The van der Waals surface area contributed by atoms with Crippen molar-refractivity contribution in [1.29, 1.82) is 0 Å². The summed E-state index contributed by atoms with van der Waals surface area (Å²) < 4.78 is 0. The third-order valence-electron chi connectivity index (χ3n) is 4.10. The summed E-state index contributed by atoms with van der Waals surface area (Å²) in [4.78, 5) is 47.4. The molecule has 0 aliphatic heterocycles. The van der Waals surface area contributed by atoms with Gasteiger partial charge in [-0.05, 0) is 18.3 Å². The quantitative estimate of drug-likeness (QED) is 0.242. The van der Waals surface area contributed by atoms with Gasteiger partial charge >= 0.3 is 5.97 Å². The monoisotopic (exact) mass is 404 g/mol. The molecule has 0 saturated heterocycles. The minimum atomic E-state index is -1.15. The van der Waals surface area contributed by atoms with Gasteiger partial charge in [-0.1, -0.05) is 34.1 Å². The standard InChI is InChI=1S/C17H32N4O5S/c1-5-10(4)14(17(25)26)21-16(24)12(8-27)20-13(22)7-19-15(23)11(18)6-9(2)3/h9-12,14,27H,5-8,18H2,1-4H3,(H,19,23)(H,20,22)(H,21,24)(H,25,26). The summed E-state index contributed by atoms with van der Waals surface area (Å²) in [5.41, 5.74) is 5.73. The van der Waals surface area contributed by atoms with E-state index in [1.807, 2.05) is 20.8 Å². The molecule has 3 amide bonds. The zero-order valence-corrected chi connectivity index (χ0v) is 17.2. The van der Waals surface area contributed by atoms with Crippen molar-refractivity contribution in [3.8, 4) is 0 Å². The maximum absolute atomic E-state index is 12.3. The lowest BCUT2D eigenvalue weighted by Crippen LogP contribution is -2.55. The first-order chi connectivity index (χ1) is 12.5. The Balaban J connectivity index is 4.64. The molecule has 0 spiro atoms. The molecule has 0 bridgehead atoms. The van der Waals surface area contributed by atoms with Crippen LogP contribution in [-0.2, 0) is 19.2 Å². The van der Waals surface area contributed by atoms with Crippen LogP contribution in [0.15, 0.2) is 0 Å². The van der Waals surface area contributed by atoms with E-state index in [0.717, 1.165) is 0 Å². The smallest absolute Gasteiger partial charge is 0.326 e. The van der Waals surface area contributed by atoms with E-state index in [1.165, 1.54) is 0 Å². The number of rotatable bonds is 12. The number of amides is 3. The zero-order chi connectivity index (χ0) is 21.1. The van der Waals surface area contributed by atoms with Gasteiger partial charge < -0.3 is 26.8 Å². The first-order valence-electron chi connectivity index (χ1n) is 9.00. The molecular weight excluding hydrogens is 372 g/mol. The molecule has 0 fully saturated rings. The maximum Gasteiger partial charge on any atom is 0.326 e. The van der Waals surface area contributed by atoms with Crippen molar-refractivity contribution in [2.45, 2.75) is 58.7 Å². The summed E-state index contributed by atoms with van der Waals surface area (Å²) in [6.07, 6.45) is 1.05. The summed E-state index contributed by atoms with van der Waals surface area (Å²) in [7, 11) is 0. The van der Waals surface area contributed by atoms with E-state index in [2.05, 4.69) is 28.6 Å². The van der Waals surface area contributed by atoms with Crippen LogP contribution in [0.4, 0.5) is 0 Å². The fraction of sp³-hybridized carbons (Fsp3) is 0.765. The second-order valence-corrected chi connectivity index (χ2v) is 7.33. The molecule has 27 heavy (non-hydrogen) atoms. The van der Waals surface area contributed by atoms with Gasteiger partial charge in [-0.2, -0.15) is 12.6 Å². The van der Waals surface area contributed by atoms with Crippen molar-refractivity contribution in [1.82, 2.24) is 16.0 Å². The van der Waals surface area contributed by atoms with E-state index >= 15 is 0 Å². The lowest BCUT2D eigenvalue weighted by atomic mass is 9.99. The Kier molecular flexibility index (Phi) is 11.7. The molecule has 0 aromatic heterocycles. The van der Waals surface area contributed by atoms with Crippen molar-refractivity contribution >= 4 is 36.3 Å². The highest BCUT2D eigenvalue weighted by atomic mass is 32.1. The van der Waals surface area contributed by atoms with Gasteiger partial charge in [0.25, 0.3) is 0 Å². The average Bonchev–Trinajstić information content (AvgIpc) is 2.60. The fourth-order valence-corrected chi connectivity index (χ4v) is 2.55. The van der Waals surface area contributed by atoms with Crippen LogP contribution in [0.1, 0.15) is 40.5 Å². The molecule has 0 aromatic rings. The van der Waals surface area contributed by atoms with Crippen LogP contribution < -0.4 is 21.7 Å². The second-order valence-electron chi connectivity index (χ2n) is 6.97. The molecule has 0 aliphatic carbocycles. The summed E-state index contributed by atoms with van der Waals surface area (Å²) >= 11 is 4.03. The van der Waals surface area contributed by atoms with Gasteiger partial charge in [0.05, 0.1) is 12.6 Å². The minimum absolute atomic E-state index is 0.0226. The molecule has 156 valence electrons. The summed E-state index contributed by atoms with van der Waals surface area (Å²) in [6.45, 7) is 7.05. The predicted octanol–water partition coefficient (Wildman–Crippen LogP) is -0.494. The van der Waals surface area contributed by atoms with Crippen LogP contribution in [0.5, 0.6) is 0 Å². The van der Waals surface area contributed by atoms with Crippen LogP contribution in [0.2, 0.25) is 0 Å². The van der Waals surface area contributed by atoms with Crippen molar-refractivity contribution in [3.63, 3.8) is 0 Å². The maximum atomic E-state index is 12.3. The highest BCUT2D eigenvalue weighted by Gasteiger charge is 2.29. The summed E-state index contributed by atoms with van der Waals surface area (Å²) in [5, 5.41) is 16.5. The average molecular weight is 405 g/mol. The predicted molar refractivity (Wildman–Crippen MR) is 105 cm³/mol. The molecule has 4 unspecified atom stereocenters. The number of carbonyl (C=O) groups is 4. The number of carbonyl (C=O) groups excluding carboxylic acids is 3. The Morgan fingerprint density at radius 2 is 1.67 bits per heavy atom. The lowest BCUT2D eigenvalue weighted by Gasteiger charge is -2.23. The van der Waals surface area contributed by atoms with Gasteiger partial charge in [0.2, 0.25) is 17.7 Å². The highest BCUT2D eigenvalue weighted by Crippen LogP contribution is 2.08. The van der Waals surface area contributed by atoms with E-state index < -0.39 is 41.8 Å². The molecule has 0 aromatic carbocycles. The largest absolute Gasteiger partial charge is 0.480 e. The Bertz CT molecular complexity index is 529. The van der Waals surface area contributed by atoms with Gasteiger partial charge in [0, 0.05) is 5.75 Å². The van der Waals surface area contributed by atoms with Gasteiger partial charge in [-0.15, -0.1) is 0 Å². The van der Waals surface area contributed by atoms with E-state index in [4.69, 9.17) is 5.73 Å². The lowest BCUT2D eigenvalue weighted by molar-refractivity contribution is -0.143. The Morgan fingerprint density at radius 1 is 1.07 bits per heavy atom. The van der Waals surface area contributed by atoms with Crippen molar-refractivity contribution < 1.29 is 24.3 Å². The zero-order valence-electron chi connectivity index (χ0n) is 16.3. The van der Waals surface area contributed by atoms with E-state index in [9.17, 15) is 24.3 Å². The fourth-order valence-electron chi connectivity index (χ4n) is 2.29. The third-order valence-corrected chi connectivity index (χ3v) is 4.46.